The molecule has 0 saturated heterocycles. The summed E-state index contributed by atoms with van der Waals surface area (Å²) >= 11 is 0. The van der Waals surface area contributed by atoms with Crippen LogP contribution in [0.25, 0.3) is 120 Å². The largest absolute Gasteiger partial charge is 0.456 e. The number of benzene rings is 10. The first kappa shape index (κ1) is 29.4. The van der Waals surface area contributed by atoms with Crippen LogP contribution in [0.3, 0.4) is 0 Å². The van der Waals surface area contributed by atoms with Gasteiger partial charge in [-0.3, -0.25) is 0 Å². The van der Waals surface area contributed by atoms with Gasteiger partial charge < -0.3 is 8.83 Å². The van der Waals surface area contributed by atoms with Gasteiger partial charge in [-0.25, -0.2) is 0 Å². The van der Waals surface area contributed by atoms with Crippen molar-refractivity contribution in [3.8, 4) is 33.4 Å². The second-order valence-corrected chi connectivity index (χ2v) is 14.4. The number of rotatable bonds is 3. The Balaban J connectivity index is 1.16. The minimum Gasteiger partial charge on any atom is -0.456 e. The number of furan rings is 2. The molecular weight excluding hydrogens is 657 g/mol. The van der Waals surface area contributed by atoms with E-state index < -0.39 is 0 Å². The van der Waals surface area contributed by atoms with E-state index in [2.05, 4.69) is 176 Å². The predicted octanol–water partition coefficient (Wildman–Crippen LogP) is 15.1. The van der Waals surface area contributed by atoms with Crippen molar-refractivity contribution in [2.75, 3.05) is 0 Å². The summed E-state index contributed by atoms with van der Waals surface area (Å²) in [6.07, 6.45) is 0. The molecule has 10 aromatic carbocycles. The maximum atomic E-state index is 6.84. The third kappa shape index (κ3) is 4.22. The van der Waals surface area contributed by atoms with Gasteiger partial charge in [-0.2, -0.15) is 0 Å². The number of hydrogen-bond acceptors (Lipinski definition) is 2. The van der Waals surface area contributed by atoms with E-state index in [-0.39, 0.29) is 0 Å². The highest BCUT2D eigenvalue weighted by Gasteiger charge is 2.24. The van der Waals surface area contributed by atoms with E-state index in [1.807, 2.05) is 6.07 Å². The standard InChI is InChI=1S/C52H30O2/c1-2-12-31(13-3-1)34-22-23-36-27-37(25-24-35(36)26-34)48-38-16-6-8-18-40(38)49(41-19-9-7-17-39(41)48)44-30-47-51(52-50(44)42-20-10-11-21-45(42)54-52)43-28-32-14-4-5-15-33(32)29-46(43)53-47/h1-30H. The zero-order valence-electron chi connectivity index (χ0n) is 29.1. The zero-order valence-corrected chi connectivity index (χ0v) is 29.1. The first-order valence-corrected chi connectivity index (χ1v) is 18.5. The van der Waals surface area contributed by atoms with Crippen molar-refractivity contribution in [3.05, 3.63) is 182 Å². The van der Waals surface area contributed by atoms with Crippen molar-refractivity contribution in [1.82, 2.24) is 0 Å². The molecule has 54 heavy (non-hydrogen) atoms. The van der Waals surface area contributed by atoms with Gasteiger partial charge in [0.1, 0.15) is 22.3 Å². The summed E-state index contributed by atoms with van der Waals surface area (Å²) in [6, 6.07) is 65.6. The van der Waals surface area contributed by atoms with Gasteiger partial charge >= 0.3 is 0 Å². The molecule has 0 unspecified atom stereocenters. The molecule has 0 amide bonds. The van der Waals surface area contributed by atoms with E-state index in [9.17, 15) is 0 Å². The highest BCUT2D eigenvalue weighted by atomic mass is 16.3. The van der Waals surface area contributed by atoms with E-state index in [0.29, 0.717) is 0 Å². The molecule has 12 aromatic rings. The topological polar surface area (TPSA) is 26.3 Å². The first-order chi connectivity index (χ1) is 26.8. The molecule has 0 fully saturated rings. The van der Waals surface area contributed by atoms with Crippen LogP contribution in [0.5, 0.6) is 0 Å². The third-order valence-corrected chi connectivity index (χ3v) is 11.4. The molecule has 0 radical (unpaired) electrons. The summed E-state index contributed by atoms with van der Waals surface area (Å²) in [5.74, 6) is 0. The average Bonchev–Trinajstić information content (AvgIpc) is 3.79. The summed E-state index contributed by atoms with van der Waals surface area (Å²) in [6.45, 7) is 0. The molecule has 0 aliphatic carbocycles. The zero-order chi connectivity index (χ0) is 35.3. The normalized spacial score (nSPS) is 12.1. The van der Waals surface area contributed by atoms with Gasteiger partial charge in [0.15, 0.2) is 0 Å². The minimum atomic E-state index is 0.823. The second kappa shape index (κ2) is 11.2. The van der Waals surface area contributed by atoms with Crippen molar-refractivity contribution in [3.63, 3.8) is 0 Å². The van der Waals surface area contributed by atoms with Gasteiger partial charge in [-0.15, -0.1) is 0 Å². The molecule has 2 heterocycles. The van der Waals surface area contributed by atoms with Gasteiger partial charge in [0.2, 0.25) is 0 Å². The molecule has 0 aliphatic heterocycles. The van der Waals surface area contributed by atoms with Crippen LogP contribution < -0.4 is 0 Å². The van der Waals surface area contributed by atoms with Crippen LogP contribution in [0.15, 0.2) is 191 Å². The first-order valence-electron chi connectivity index (χ1n) is 18.5. The highest BCUT2D eigenvalue weighted by molar-refractivity contribution is 6.31. The van der Waals surface area contributed by atoms with E-state index in [1.165, 1.54) is 65.5 Å². The van der Waals surface area contributed by atoms with E-state index in [1.54, 1.807) is 0 Å². The lowest BCUT2D eigenvalue weighted by Crippen LogP contribution is -1.91. The average molecular weight is 687 g/mol. The summed E-state index contributed by atoms with van der Waals surface area (Å²) in [7, 11) is 0. The van der Waals surface area contributed by atoms with Crippen LogP contribution in [0.2, 0.25) is 0 Å². The van der Waals surface area contributed by atoms with Crippen LogP contribution in [-0.2, 0) is 0 Å². The molecule has 0 aliphatic rings. The van der Waals surface area contributed by atoms with Crippen LogP contribution in [0.1, 0.15) is 0 Å². The van der Waals surface area contributed by atoms with Crippen LogP contribution in [0, 0.1) is 0 Å². The molecule has 2 aromatic heterocycles. The van der Waals surface area contributed by atoms with Gasteiger partial charge in [0.25, 0.3) is 0 Å². The lowest BCUT2D eigenvalue weighted by Gasteiger charge is -2.18. The lowest BCUT2D eigenvalue weighted by atomic mass is 9.84. The SMILES string of the molecule is c1ccc(-c2ccc3cc(-c4c5ccccc5c(-c5cc6oc7cc8ccccc8cc7c6c6oc7ccccc7c56)c5ccccc45)ccc3c2)cc1. The molecule has 0 saturated carbocycles. The third-order valence-electron chi connectivity index (χ3n) is 11.4. The van der Waals surface area contributed by atoms with Crippen LogP contribution in [0.4, 0.5) is 0 Å². The molecular formula is C52H30O2. The Morgan fingerprint density at radius 3 is 1.56 bits per heavy atom. The molecule has 12 rings (SSSR count). The lowest BCUT2D eigenvalue weighted by molar-refractivity contribution is 0.663. The maximum Gasteiger partial charge on any atom is 0.147 e. The highest BCUT2D eigenvalue weighted by Crippen LogP contribution is 2.50. The molecule has 2 nitrogen and oxygen atoms in total. The van der Waals surface area contributed by atoms with Crippen molar-refractivity contribution < 1.29 is 8.83 Å². The molecule has 0 spiro atoms. The summed E-state index contributed by atoms with van der Waals surface area (Å²) in [5, 5.41) is 13.9. The molecule has 0 atom stereocenters. The van der Waals surface area contributed by atoms with Gasteiger partial charge in [-0.05, 0) is 113 Å². The Morgan fingerprint density at radius 2 is 0.833 bits per heavy atom. The van der Waals surface area contributed by atoms with E-state index in [0.717, 1.165) is 54.8 Å². The quantitative estimate of drug-likeness (QED) is 0.173. The molecule has 0 N–H and O–H groups in total. The molecule has 0 bridgehead atoms. The van der Waals surface area contributed by atoms with Crippen LogP contribution in [-0.4, -0.2) is 0 Å². The van der Waals surface area contributed by atoms with Gasteiger partial charge in [0, 0.05) is 16.2 Å². The molecule has 2 heteroatoms. The smallest absolute Gasteiger partial charge is 0.147 e. The van der Waals surface area contributed by atoms with Gasteiger partial charge in [-0.1, -0.05) is 146 Å². The Kier molecular flexibility index (Phi) is 6.09. The van der Waals surface area contributed by atoms with Crippen molar-refractivity contribution in [1.29, 1.82) is 0 Å². The fourth-order valence-electron chi connectivity index (χ4n) is 8.97. The van der Waals surface area contributed by atoms with Gasteiger partial charge in [0.05, 0.1) is 5.39 Å². The summed E-state index contributed by atoms with van der Waals surface area (Å²) < 4.78 is 13.6. The van der Waals surface area contributed by atoms with Crippen molar-refractivity contribution in [2.24, 2.45) is 0 Å². The fourth-order valence-corrected chi connectivity index (χ4v) is 8.97. The van der Waals surface area contributed by atoms with E-state index in [4.69, 9.17) is 8.83 Å². The second-order valence-electron chi connectivity index (χ2n) is 14.4. The monoisotopic (exact) mass is 686 g/mol. The Bertz CT molecular complexity index is 3430. The summed E-state index contributed by atoms with van der Waals surface area (Å²) in [4.78, 5) is 0. The Morgan fingerprint density at radius 1 is 0.278 bits per heavy atom. The van der Waals surface area contributed by atoms with Crippen molar-refractivity contribution in [2.45, 2.75) is 0 Å². The number of hydrogen-bond donors (Lipinski definition) is 0. The Hall–Kier alpha value is -7.16. The maximum absolute atomic E-state index is 6.84. The van der Waals surface area contributed by atoms with E-state index >= 15 is 0 Å². The molecule has 250 valence electrons. The Labute approximate surface area is 310 Å². The van der Waals surface area contributed by atoms with Crippen LogP contribution >= 0.6 is 0 Å². The minimum absolute atomic E-state index is 0.823. The predicted molar refractivity (Wildman–Crippen MR) is 227 cm³/mol. The van der Waals surface area contributed by atoms with Crippen molar-refractivity contribution >= 4 is 87.0 Å². The summed E-state index contributed by atoms with van der Waals surface area (Å²) in [5.41, 5.74) is 10.6. The number of fused-ring (bicyclic) bond motifs is 11. The number of para-hydroxylation sites is 1. The fraction of sp³-hybridized carbons (Fsp3) is 0.